The van der Waals surface area contributed by atoms with Crippen molar-refractivity contribution in [2.45, 2.75) is 32.7 Å². The highest BCUT2D eigenvalue weighted by Gasteiger charge is 2.33. The molecule has 1 aromatic carbocycles. The van der Waals surface area contributed by atoms with Crippen LogP contribution in [0.1, 0.15) is 26.2 Å². The van der Waals surface area contributed by atoms with Crippen molar-refractivity contribution >= 4 is 17.3 Å². The standard InChI is InChI=1S/C13H16ClN5/c1-13(5-2-6-13)8-19-12(16-17-18-19)10-7-9(14)3-4-11(10)15/h3-4,7H,2,5-6,8,15H2,1H3. The summed E-state index contributed by atoms with van der Waals surface area (Å²) in [6, 6.07) is 5.35. The highest BCUT2D eigenvalue weighted by Crippen LogP contribution is 2.42. The van der Waals surface area contributed by atoms with Gasteiger partial charge in [0.05, 0.1) is 6.54 Å². The first-order valence-corrected chi connectivity index (χ1v) is 6.77. The summed E-state index contributed by atoms with van der Waals surface area (Å²) >= 11 is 6.02. The zero-order valence-corrected chi connectivity index (χ0v) is 11.6. The molecule has 6 heteroatoms. The Morgan fingerprint density at radius 1 is 1.42 bits per heavy atom. The van der Waals surface area contributed by atoms with Crippen molar-refractivity contribution in [3.63, 3.8) is 0 Å². The van der Waals surface area contributed by atoms with Gasteiger partial charge in [0.15, 0.2) is 5.82 Å². The number of nitrogens with zero attached hydrogens (tertiary/aromatic N) is 4. The normalized spacial score (nSPS) is 17.2. The van der Waals surface area contributed by atoms with Crippen LogP contribution < -0.4 is 5.73 Å². The summed E-state index contributed by atoms with van der Waals surface area (Å²) < 4.78 is 1.83. The zero-order valence-electron chi connectivity index (χ0n) is 10.8. The van der Waals surface area contributed by atoms with Gasteiger partial charge in [0.1, 0.15) is 0 Å². The molecule has 1 aliphatic carbocycles. The SMILES string of the molecule is CC1(Cn2nnnc2-c2cc(Cl)ccc2N)CCC1. The molecule has 2 aromatic rings. The van der Waals surface area contributed by atoms with Crippen LogP contribution in [0.2, 0.25) is 5.02 Å². The maximum atomic E-state index is 6.02. The number of halogens is 1. The summed E-state index contributed by atoms with van der Waals surface area (Å²) in [6.45, 7) is 3.09. The van der Waals surface area contributed by atoms with Gasteiger partial charge in [-0.3, -0.25) is 0 Å². The van der Waals surface area contributed by atoms with Gasteiger partial charge in [-0.05, 0) is 46.9 Å². The summed E-state index contributed by atoms with van der Waals surface area (Å²) in [5.41, 5.74) is 7.73. The number of hydrogen-bond donors (Lipinski definition) is 1. The minimum absolute atomic E-state index is 0.303. The predicted molar refractivity (Wildman–Crippen MR) is 74.6 cm³/mol. The highest BCUT2D eigenvalue weighted by molar-refractivity contribution is 6.31. The Hall–Kier alpha value is -1.62. The van der Waals surface area contributed by atoms with Crippen LogP contribution in [0.3, 0.4) is 0 Å². The Labute approximate surface area is 116 Å². The fourth-order valence-electron chi connectivity index (χ4n) is 2.53. The average molecular weight is 278 g/mol. The summed E-state index contributed by atoms with van der Waals surface area (Å²) in [7, 11) is 0. The van der Waals surface area contributed by atoms with Crippen molar-refractivity contribution in [3.05, 3.63) is 23.2 Å². The number of anilines is 1. The molecule has 0 unspecified atom stereocenters. The first-order valence-electron chi connectivity index (χ1n) is 6.39. The van der Waals surface area contributed by atoms with Gasteiger partial charge in [0.2, 0.25) is 0 Å². The van der Waals surface area contributed by atoms with E-state index in [2.05, 4.69) is 22.4 Å². The van der Waals surface area contributed by atoms with Crippen molar-refractivity contribution in [2.75, 3.05) is 5.73 Å². The van der Waals surface area contributed by atoms with Gasteiger partial charge in [0.25, 0.3) is 0 Å². The predicted octanol–water partition coefficient (Wildman–Crippen LogP) is 2.77. The van der Waals surface area contributed by atoms with E-state index in [0.717, 1.165) is 12.1 Å². The monoisotopic (exact) mass is 277 g/mol. The molecule has 19 heavy (non-hydrogen) atoms. The fourth-order valence-corrected chi connectivity index (χ4v) is 2.70. The van der Waals surface area contributed by atoms with E-state index in [9.17, 15) is 0 Å². The molecular formula is C13H16ClN5. The molecule has 0 atom stereocenters. The van der Waals surface area contributed by atoms with Crippen molar-refractivity contribution in [1.82, 2.24) is 20.2 Å². The molecule has 3 rings (SSSR count). The quantitative estimate of drug-likeness (QED) is 0.876. The molecule has 0 bridgehead atoms. The van der Waals surface area contributed by atoms with Crippen LogP contribution in [-0.2, 0) is 6.54 Å². The van der Waals surface area contributed by atoms with Gasteiger partial charge in [-0.15, -0.1) is 5.10 Å². The van der Waals surface area contributed by atoms with E-state index >= 15 is 0 Å². The largest absolute Gasteiger partial charge is 0.398 e. The molecule has 0 spiro atoms. The maximum absolute atomic E-state index is 6.02. The average Bonchev–Trinajstić information content (AvgIpc) is 2.78. The lowest BCUT2D eigenvalue weighted by molar-refractivity contribution is 0.126. The van der Waals surface area contributed by atoms with Crippen molar-refractivity contribution in [3.8, 4) is 11.4 Å². The molecule has 0 radical (unpaired) electrons. The van der Waals surface area contributed by atoms with Gasteiger partial charge in [-0.25, -0.2) is 4.68 Å². The lowest BCUT2D eigenvalue weighted by Crippen LogP contribution is -2.31. The molecule has 1 heterocycles. The Balaban J connectivity index is 1.97. The Morgan fingerprint density at radius 3 is 2.89 bits per heavy atom. The Kier molecular flexibility index (Phi) is 2.93. The fraction of sp³-hybridized carbons (Fsp3) is 0.462. The van der Waals surface area contributed by atoms with E-state index in [-0.39, 0.29) is 0 Å². The minimum Gasteiger partial charge on any atom is -0.398 e. The van der Waals surface area contributed by atoms with Gasteiger partial charge in [-0.2, -0.15) is 0 Å². The molecule has 0 aliphatic heterocycles. The smallest absolute Gasteiger partial charge is 0.184 e. The van der Waals surface area contributed by atoms with Crippen LogP contribution in [0.15, 0.2) is 18.2 Å². The molecule has 0 amide bonds. The van der Waals surface area contributed by atoms with Crippen LogP contribution in [0, 0.1) is 5.41 Å². The molecule has 2 N–H and O–H groups in total. The zero-order chi connectivity index (χ0) is 13.5. The maximum Gasteiger partial charge on any atom is 0.184 e. The van der Waals surface area contributed by atoms with E-state index in [1.165, 1.54) is 19.3 Å². The molecule has 1 aliphatic rings. The summed E-state index contributed by atoms with van der Waals surface area (Å²) in [6.07, 6.45) is 3.72. The number of nitrogen functional groups attached to an aromatic ring is 1. The molecule has 1 aromatic heterocycles. The van der Waals surface area contributed by atoms with Gasteiger partial charge in [0, 0.05) is 16.3 Å². The number of benzene rings is 1. The summed E-state index contributed by atoms with van der Waals surface area (Å²) in [5, 5.41) is 12.6. The first kappa shape index (κ1) is 12.4. The molecule has 5 nitrogen and oxygen atoms in total. The lowest BCUT2D eigenvalue weighted by atomic mass is 9.70. The van der Waals surface area contributed by atoms with Gasteiger partial charge < -0.3 is 5.73 Å². The first-order chi connectivity index (χ1) is 9.07. The molecule has 1 fully saturated rings. The number of tetrazole rings is 1. The molecule has 100 valence electrons. The second-order valence-corrected chi connectivity index (χ2v) is 5.99. The topological polar surface area (TPSA) is 69.6 Å². The van der Waals surface area contributed by atoms with E-state index in [0.29, 0.717) is 21.9 Å². The van der Waals surface area contributed by atoms with Crippen molar-refractivity contribution in [2.24, 2.45) is 5.41 Å². The van der Waals surface area contributed by atoms with Gasteiger partial charge in [-0.1, -0.05) is 24.9 Å². The molecular weight excluding hydrogens is 262 g/mol. The highest BCUT2D eigenvalue weighted by atomic mass is 35.5. The molecule has 0 saturated heterocycles. The van der Waals surface area contributed by atoms with E-state index in [1.54, 1.807) is 12.1 Å². The second kappa shape index (κ2) is 4.49. The van der Waals surface area contributed by atoms with E-state index < -0.39 is 0 Å². The summed E-state index contributed by atoms with van der Waals surface area (Å²) in [4.78, 5) is 0. The minimum atomic E-state index is 0.303. The van der Waals surface area contributed by atoms with Crippen molar-refractivity contribution < 1.29 is 0 Å². The number of hydrogen-bond acceptors (Lipinski definition) is 4. The Bertz CT molecular complexity index is 603. The third kappa shape index (κ3) is 2.30. The third-order valence-corrected chi connectivity index (χ3v) is 4.12. The van der Waals surface area contributed by atoms with Crippen LogP contribution in [-0.4, -0.2) is 20.2 Å². The third-order valence-electron chi connectivity index (χ3n) is 3.88. The van der Waals surface area contributed by atoms with E-state index in [1.807, 2.05) is 10.7 Å². The summed E-state index contributed by atoms with van der Waals surface area (Å²) in [5.74, 6) is 0.688. The molecule has 1 saturated carbocycles. The number of aromatic nitrogens is 4. The number of rotatable bonds is 3. The van der Waals surface area contributed by atoms with Crippen molar-refractivity contribution in [1.29, 1.82) is 0 Å². The van der Waals surface area contributed by atoms with Crippen LogP contribution in [0.4, 0.5) is 5.69 Å². The van der Waals surface area contributed by atoms with E-state index in [4.69, 9.17) is 17.3 Å². The van der Waals surface area contributed by atoms with Gasteiger partial charge >= 0.3 is 0 Å². The second-order valence-electron chi connectivity index (χ2n) is 5.56. The van der Waals surface area contributed by atoms with Crippen LogP contribution in [0.25, 0.3) is 11.4 Å². The van der Waals surface area contributed by atoms with Crippen LogP contribution in [0.5, 0.6) is 0 Å². The lowest BCUT2D eigenvalue weighted by Gasteiger charge is -2.38. The number of nitrogens with two attached hydrogens (primary N) is 1. The van der Waals surface area contributed by atoms with Crippen LogP contribution >= 0.6 is 11.6 Å². The Morgan fingerprint density at radius 2 is 2.21 bits per heavy atom.